The molecule has 0 aliphatic carbocycles. The third kappa shape index (κ3) is 5.47. The minimum Gasteiger partial charge on any atom is -0.493 e. The molecule has 9 heteroatoms. The summed E-state index contributed by atoms with van der Waals surface area (Å²) >= 11 is 1.74. The summed E-state index contributed by atoms with van der Waals surface area (Å²) in [6.07, 6.45) is 3.39. The van der Waals surface area contributed by atoms with Crippen LogP contribution in [0, 0.1) is 0 Å². The van der Waals surface area contributed by atoms with Crippen molar-refractivity contribution in [3.63, 3.8) is 0 Å². The van der Waals surface area contributed by atoms with E-state index < -0.39 is 0 Å². The molecule has 0 unspecified atom stereocenters. The summed E-state index contributed by atoms with van der Waals surface area (Å²) < 4.78 is 16.2. The molecule has 8 nitrogen and oxygen atoms in total. The first-order valence-corrected chi connectivity index (χ1v) is 11.0. The van der Waals surface area contributed by atoms with Gasteiger partial charge in [0.2, 0.25) is 5.75 Å². The lowest BCUT2D eigenvalue weighted by molar-refractivity contribution is 0.323. The van der Waals surface area contributed by atoms with E-state index in [4.69, 9.17) is 19.2 Å². The van der Waals surface area contributed by atoms with Gasteiger partial charge in [-0.15, -0.1) is 11.3 Å². The van der Waals surface area contributed by atoms with Crippen molar-refractivity contribution < 1.29 is 14.2 Å². The first-order valence-electron chi connectivity index (χ1n) is 10.1. The maximum Gasteiger partial charge on any atom is 0.203 e. The van der Waals surface area contributed by atoms with E-state index in [2.05, 4.69) is 25.9 Å². The molecule has 2 heterocycles. The first-order chi connectivity index (χ1) is 14.7. The van der Waals surface area contributed by atoms with E-state index in [9.17, 15) is 0 Å². The molecule has 0 bridgehead atoms. The summed E-state index contributed by atoms with van der Waals surface area (Å²) in [6, 6.07) is 3.85. The Morgan fingerprint density at radius 2 is 1.80 bits per heavy atom. The van der Waals surface area contributed by atoms with E-state index >= 15 is 0 Å². The molecule has 1 aliphatic heterocycles. The van der Waals surface area contributed by atoms with E-state index in [1.54, 1.807) is 39.7 Å². The summed E-state index contributed by atoms with van der Waals surface area (Å²) in [5.74, 6) is 2.59. The summed E-state index contributed by atoms with van der Waals surface area (Å²) in [6.45, 7) is 3.59. The van der Waals surface area contributed by atoms with Gasteiger partial charge < -0.3 is 29.7 Å². The normalized spacial score (nSPS) is 14.0. The van der Waals surface area contributed by atoms with Gasteiger partial charge in [0.15, 0.2) is 22.6 Å². The van der Waals surface area contributed by atoms with Crippen molar-refractivity contribution in [3.8, 4) is 17.2 Å². The number of ether oxygens (including phenoxy) is 3. The zero-order valence-electron chi connectivity index (χ0n) is 18.2. The fourth-order valence-corrected chi connectivity index (χ4v) is 4.33. The van der Waals surface area contributed by atoms with Crippen LogP contribution >= 0.6 is 11.3 Å². The van der Waals surface area contributed by atoms with E-state index in [0.29, 0.717) is 23.8 Å². The predicted molar refractivity (Wildman–Crippen MR) is 122 cm³/mol. The van der Waals surface area contributed by atoms with Gasteiger partial charge in [-0.25, -0.2) is 4.98 Å². The van der Waals surface area contributed by atoms with Crippen molar-refractivity contribution in [2.75, 3.05) is 52.9 Å². The minimum absolute atomic E-state index is 0.576. The Bertz CT molecular complexity index is 824. The van der Waals surface area contributed by atoms with E-state index in [-0.39, 0.29) is 0 Å². The van der Waals surface area contributed by atoms with Gasteiger partial charge in [0, 0.05) is 45.0 Å². The molecule has 2 aromatic rings. The molecule has 1 saturated heterocycles. The lowest BCUT2D eigenvalue weighted by Gasteiger charge is -2.16. The van der Waals surface area contributed by atoms with Crippen molar-refractivity contribution in [2.24, 2.45) is 4.99 Å². The molecular formula is C21H31N5O3S. The second kappa shape index (κ2) is 10.9. The molecule has 0 radical (unpaired) electrons. The van der Waals surface area contributed by atoms with Crippen LogP contribution in [0.3, 0.4) is 0 Å². The molecule has 3 rings (SSSR count). The molecule has 1 aromatic carbocycles. The maximum absolute atomic E-state index is 5.42. The molecule has 0 atom stereocenters. The minimum atomic E-state index is 0.576. The van der Waals surface area contributed by atoms with Crippen molar-refractivity contribution in [3.05, 3.63) is 28.8 Å². The van der Waals surface area contributed by atoms with E-state index in [1.807, 2.05) is 12.1 Å². The van der Waals surface area contributed by atoms with Crippen LogP contribution in [0.4, 0.5) is 5.13 Å². The number of hydrogen-bond donors (Lipinski definition) is 2. The molecule has 1 fully saturated rings. The van der Waals surface area contributed by atoms with Gasteiger partial charge in [-0.05, 0) is 30.5 Å². The van der Waals surface area contributed by atoms with Crippen LogP contribution in [0.1, 0.15) is 24.1 Å². The Hall–Kier alpha value is -2.68. The second-order valence-corrected chi connectivity index (χ2v) is 7.79. The largest absolute Gasteiger partial charge is 0.493 e. The zero-order valence-corrected chi connectivity index (χ0v) is 19.0. The molecule has 164 valence electrons. The summed E-state index contributed by atoms with van der Waals surface area (Å²) in [7, 11) is 6.59. The number of methoxy groups -OCH3 is 3. The van der Waals surface area contributed by atoms with Crippen LogP contribution in [-0.2, 0) is 13.0 Å². The third-order valence-corrected chi connectivity index (χ3v) is 5.95. The Balaban J connectivity index is 1.50. The Morgan fingerprint density at radius 1 is 1.10 bits per heavy atom. The van der Waals surface area contributed by atoms with Crippen LogP contribution in [-0.4, -0.2) is 59.0 Å². The number of anilines is 1. The highest BCUT2D eigenvalue weighted by molar-refractivity contribution is 7.13. The Labute approximate surface area is 182 Å². The van der Waals surface area contributed by atoms with Crippen LogP contribution in [0.25, 0.3) is 0 Å². The van der Waals surface area contributed by atoms with Crippen molar-refractivity contribution in [1.82, 2.24) is 15.6 Å². The quantitative estimate of drug-likeness (QED) is 0.465. The SMILES string of the molecule is CN=C(NCCc1csc(N2CCCC2)n1)NCc1cc(OC)c(OC)c(OC)c1. The molecule has 1 aliphatic rings. The molecular weight excluding hydrogens is 402 g/mol. The Morgan fingerprint density at radius 3 is 2.40 bits per heavy atom. The Kier molecular flexibility index (Phi) is 8.01. The number of aromatic nitrogens is 1. The average Bonchev–Trinajstić information content (AvgIpc) is 3.47. The number of nitrogens with zero attached hydrogens (tertiary/aromatic N) is 3. The van der Waals surface area contributed by atoms with Crippen LogP contribution in [0.5, 0.6) is 17.2 Å². The predicted octanol–water partition coefficient (Wildman–Crippen LogP) is 2.68. The molecule has 0 amide bonds. The van der Waals surface area contributed by atoms with Crippen LogP contribution < -0.4 is 29.7 Å². The average molecular weight is 434 g/mol. The summed E-state index contributed by atoms with van der Waals surface area (Å²) in [5, 5.41) is 9.97. The number of aliphatic imine (C=N–C) groups is 1. The van der Waals surface area contributed by atoms with Gasteiger partial charge >= 0.3 is 0 Å². The molecule has 0 spiro atoms. The molecule has 2 N–H and O–H groups in total. The number of benzene rings is 1. The maximum atomic E-state index is 5.42. The van der Waals surface area contributed by atoms with Gasteiger partial charge in [-0.1, -0.05) is 0 Å². The van der Waals surface area contributed by atoms with Gasteiger partial charge in [0.1, 0.15) is 0 Å². The zero-order chi connectivity index (χ0) is 21.3. The fourth-order valence-electron chi connectivity index (χ4n) is 3.42. The summed E-state index contributed by atoms with van der Waals surface area (Å²) in [4.78, 5) is 11.4. The smallest absolute Gasteiger partial charge is 0.203 e. The van der Waals surface area contributed by atoms with Gasteiger partial charge in [-0.2, -0.15) is 0 Å². The lowest BCUT2D eigenvalue weighted by Crippen LogP contribution is -2.37. The second-order valence-electron chi connectivity index (χ2n) is 6.95. The standard InChI is InChI=1S/C21H31N5O3S/c1-22-20(23-8-7-16-14-30-21(25-16)26-9-5-6-10-26)24-13-15-11-17(27-2)19(29-4)18(12-15)28-3/h11-12,14H,5-10,13H2,1-4H3,(H2,22,23,24). The highest BCUT2D eigenvalue weighted by Crippen LogP contribution is 2.38. The molecule has 30 heavy (non-hydrogen) atoms. The highest BCUT2D eigenvalue weighted by atomic mass is 32.1. The number of thiazole rings is 1. The lowest BCUT2D eigenvalue weighted by atomic mass is 10.2. The van der Waals surface area contributed by atoms with Gasteiger partial charge in [0.05, 0.1) is 27.0 Å². The van der Waals surface area contributed by atoms with Crippen molar-refractivity contribution in [2.45, 2.75) is 25.8 Å². The van der Waals surface area contributed by atoms with E-state index in [0.717, 1.165) is 48.4 Å². The fraction of sp³-hybridized carbons (Fsp3) is 0.524. The van der Waals surface area contributed by atoms with Gasteiger partial charge in [0.25, 0.3) is 0 Å². The van der Waals surface area contributed by atoms with Crippen LogP contribution in [0.2, 0.25) is 0 Å². The highest BCUT2D eigenvalue weighted by Gasteiger charge is 2.16. The topological polar surface area (TPSA) is 80.2 Å². The van der Waals surface area contributed by atoms with Gasteiger partial charge in [-0.3, -0.25) is 4.99 Å². The molecule has 1 aromatic heterocycles. The van der Waals surface area contributed by atoms with Crippen LogP contribution in [0.15, 0.2) is 22.5 Å². The summed E-state index contributed by atoms with van der Waals surface area (Å²) in [5.41, 5.74) is 2.12. The first kappa shape index (κ1) is 22.0. The van der Waals surface area contributed by atoms with E-state index in [1.165, 1.54) is 12.8 Å². The number of rotatable bonds is 9. The monoisotopic (exact) mass is 433 g/mol. The van der Waals surface area contributed by atoms with Crippen molar-refractivity contribution >= 4 is 22.4 Å². The van der Waals surface area contributed by atoms with Crippen molar-refractivity contribution in [1.29, 1.82) is 0 Å². The number of nitrogens with one attached hydrogen (secondary N) is 2. The molecule has 0 saturated carbocycles. The third-order valence-electron chi connectivity index (χ3n) is 5.00. The number of guanidine groups is 1. The number of hydrogen-bond acceptors (Lipinski definition) is 7.